The molecule has 0 saturated carbocycles. The van der Waals surface area contributed by atoms with E-state index in [2.05, 4.69) is 15.6 Å². The van der Waals surface area contributed by atoms with Crippen molar-refractivity contribution in [3.63, 3.8) is 0 Å². The van der Waals surface area contributed by atoms with Gasteiger partial charge in [0.25, 0.3) is 0 Å². The van der Waals surface area contributed by atoms with Crippen LogP contribution in [-0.2, 0) is 16.1 Å². The molecule has 0 spiro atoms. The van der Waals surface area contributed by atoms with E-state index in [1.807, 2.05) is 28.6 Å². The Morgan fingerprint density at radius 3 is 3.07 bits per heavy atom. The number of hydrogen-bond donors (Lipinski definition) is 2. The predicted octanol–water partition coefficient (Wildman–Crippen LogP) is 2.32. The van der Waals surface area contributed by atoms with Crippen molar-refractivity contribution in [3.05, 3.63) is 29.3 Å². The van der Waals surface area contributed by atoms with Gasteiger partial charge in [-0.25, -0.2) is 4.98 Å². The van der Waals surface area contributed by atoms with Crippen molar-refractivity contribution in [1.29, 1.82) is 0 Å². The second-order valence-electron chi connectivity index (χ2n) is 7.96. The molecule has 4 heterocycles. The second-order valence-corrected chi connectivity index (χ2v) is 8.81. The Kier molecular flexibility index (Phi) is 5.58. The third kappa shape index (κ3) is 3.29. The molecule has 0 radical (unpaired) electrons. The normalized spacial score (nSPS) is 29.1. The molecular formula is C20H25ClN4O2S. The topological polar surface area (TPSA) is 74.3 Å². The Bertz CT molecular complexity index is 888. The van der Waals surface area contributed by atoms with Gasteiger partial charge in [0.1, 0.15) is 6.04 Å². The highest BCUT2D eigenvalue weighted by atomic mass is 35.5. The van der Waals surface area contributed by atoms with Crippen LogP contribution in [0.3, 0.4) is 0 Å². The van der Waals surface area contributed by atoms with E-state index in [0.717, 1.165) is 48.1 Å². The fraction of sp³-hybridized carbons (Fsp3) is 0.550. The van der Waals surface area contributed by atoms with Crippen LogP contribution in [-0.4, -0.2) is 46.9 Å². The Morgan fingerprint density at radius 2 is 2.18 bits per heavy atom. The van der Waals surface area contributed by atoms with Crippen LogP contribution in [0.25, 0.3) is 10.2 Å². The molecule has 1 aromatic carbocycles. The lowest BCUT2D eigenvalue weighted by Crippen LogP contribution is -2.67. The Hall–Kier alpha value is -1.70. The number of carbonyl (C=O) groups is 2. The number of nitrogens with one attached hydrogen (secondary N) is 2. The van der Waals surface area contributed by atoms with Gasteiger partial charge in [-0.05, 0) is 43.4 Å². The van der Waals surface area contributed by atoms with Gasteiger partial charge in [0.2, 0.25) is 11.8 Å². The van der Waals surface area contributed by atoms with Crippen LogP contribution < -0.4 is 10.6 Å². The van der Waals surface area contributed by atoms with Crippen LogP contribution in [0, 0.1) is 11.8 Å². The molecule has 3 aliphatic rings. The van der Waals surface area contributed by atoms with Gasteiger partial charge in [0, 0.05) is 31.5 Å². The summed E-state index contributed by atoms with van der Waals surface area (Å²) in [6, 6.07) is 5.88. The number of benzene rings is 1. The summed E-state index contributed by atoms with van der Waals surface area (Å²) in [6.45, 7) is 2.26. The molecule has 2 N–H and O–H groups in total. The fourth-order valence-corrected chi connectivity index (χ4v) is 6.03. The summed E-state index contributed by atoms with van der Waals surface area (Å²) in [6.07, 6.45) is 3.59. The summed E-state index contributed by atoms with van der Waals surface area (Å²) in [5, 5.41) is 6.62. The first-order chi connectivity index (χ1) is 13.2. The zero-order chi connectivity index (χ0) is 18.4. The highest BCUT2D eigenvalue weighted by Gasteiger charge is 2.50. The molecule has 2 aromatic rings. The first kappa shape index (κ1) is 19.6. The number of amides is 2. The largest absolute Gasteiger partial charge is 0.350 e. The lowest BCUT2D eigenvalue weighted by molar-refractivity contribution is -0.157. The van der Waals surface area contributed by atoms with Crippen molar-refractivity contribution in [2.24, 2.45) is 11.8 Å². The van der Waals surface area contributed by atoms with E-state index < -0.39 is 0 Å². The molecule has 150 valence electrons. The van der Waals surface area contributed by atoms with E-state index >= 15 is 0 Å². The lowest BCUT2D eigenvalue weighted by Gasteiger charge is -2.53. The number of rotatable bonds is 3. The molecule has 28 heavy (non-hydrogen) atoms. The van der Waals surface area contributed by atoms with Gasteiger partial charge in [0.05, 0.1) is 15.7 Å². The summed E-state index contributed by atoms with van der Waals surface area (Å²) in [4.78, 5) is 32.2. The van der Waals surface area contributed by atoms with Crippen LogP contribution in [0.1, 0.15) is 31.2 Å². The molecule has 4 atom stereocenters. The quantitative estimate of drug-likeness (QED) is 0.799. The number of carbonyl (C=O) groups excluding carboxylic acids is 2. The maximum absolute atomic E-state index is 13.2. The summed E-state index contributed by atoms with van der Waals surface area (Å²) in [5.74, 6) is 0.848. The maximum Gasteiger partial charge on any atom is 0.243 e. The van der Waals surface area contributed by atoms with E-state index in [1.165, 1.54) is 0 Å². The summed E-state index contributed by atoms with van der Waals surface area (Å²) in [7, 11) is 0. The highest BCUT2D eigenvalue weighted by Crippen LogP contribution is 2.39. The van der Waals surface area contributed by atoms with E-state index in [1.54, 1.807) is 11.3 Å². The SMILES string of the molecule is Cl.O=C(NCc1cccc2ncsc12)[C@H]1[C@@H]2CNC[C@@H](C2)[C@@H]2CCCC(=O)N21. The summed E-state index contributed by atoms with van der Waals surface area (Å²) < 4.78 is 1.12. The zero-order valence-corrected chi connectivity index (χ0v) is 17.2. The van der Waals surface area contributed by atoms with Crippen LogP contribution >= 0.6 is 23.7 Å². The molecule has 3 fully saturated rings. The smallest absolute Gasteiger partial charge is 0.243 e. The lowest BCUT2D eigenvalue weighted by atomic mass is 9.72. The van der Waals surface area contributed by atoms with E-state index in [0.29, 0.717) is 18.9 Å². The molecule has 6 nitrogen and oxygen atoms in total. The standard InChI is InChI=1S/C20H24N4O2S.ClH/c25-17-6-2-5-16-13-7-14(9-21-8-13)18(24(16)17)20(26)22-10-12-3-1-4-15-19(12)27-11-23-15;/h1,3-4,11,13-14,16,18,21H,2,5-10H2,(H,22,26);1H/t13-,14+,16+,18-;/m1./s1. The Morgan fingerprint density at radius 1 is 1.32 bits per heavy atom. The minimum absolute atomic E-state index is 0. The molecule has 2 amide bonds. The number of piperidine rings is 3. The van der Waals surface area contributed by atoms with Crippen LogP contribution in [0.5, 0.6) is 0 Å². The average Bonchev–Trinajstić information content (AvgIpc) is 3.17. The van der Waals surface area contributed by atoms with Crippen molar-refractivity contribution < 1.29 is 9.59 Å². The van der Waals surface area contributed by atoms with E-state index in [9.17, 15) is 9.59 Å². The van der Waals surface area contributed by atoms with E-state index in [-0.39, 0.29) is 42.2 Å². The van der Waals surface area contributed by atoms with E-state index in [4.69, 9.17) is 0 Å². The summed E-state index contributed by atoms with van der Waals surface area (Å²) in [5.41, 5.74) is 3.89. The molecule has 3 aliphatic heterocycles. The van der Waals surface area contributed by atoms with Crippen LogP contribution in [0.15, 0.2) is 23.7 Å². The number of fused-ring (bicyclic) bond motifs is 5. The number of thiazole rings is 1. The second kappa shape index (κ2) is 7.97. The van der Waals surface area contributed by atoms with Gasteiger partial charge in [-0.2, -0.15) is 0 Å². The molecule has 8 heteroatoms. The van der Waals surface area contributed by atoms with Crippen molar-refractivity contribution >= 4 is 45.8 Å². The van der Waals surface area contributed by atoms with Crippen LogP contribution in [0.4, 0.5) is 0 Å². The fourth-order valence-electron chi connectivity index (χ4n) is 5.22. The molecular weight excluding hydrogens is 396 g/mol. The molecule has 2 bridgehead atoms. The van der Waals surface area contributed by atoms with Crippen molar-refractivity contribution in [1.82, 2.24) is 20.5 Å². The van der Waals surface area contributed by atoms with Crippen LogP contribution in [0.2, 0.25) is 0 Å². The van der Waals surface area contributed by atoms with Crippen molar-refractivity contribution in [2.75, 3.05) is 13.1 Å². The zero-order valence-electron chi connectivity index (χ0n) is 15.6. The van der Waals surface area contributed by atoms with Crippen molar-refractivity contribution in [3.8, 4) is 0 Å². The predicted molar refractivity (Wildman–Crippen MR) is 111 cm³/mol. The monoisotopic (exact) mass is 420 g/mol. The molecule has 0 unspecified atom stereocenters. The van der Waals surface area contributed by atoms with Gasteiger partial charge in [-0.3, -0.25) is 9.59 Å². The molecule has 1 aromatic heterocycles. The Balaban J connectivity index is 0.00000192. The van der Waals surface area contributed by atoms with Gasteiger partial charge >= 0.3 is 0 Å². The van der Waals surface area contributed by atoms with Crippen molar-refractivity contribution in [2.45, 2.75) is 44.3 Å². The number of nitrogens with zero attached hydrogens (tertiary/aromatic N) is 2. The maximum atomic E-state index is 13.2. The average molecular weight is 421 g/mol. The highest BCUT2D eigenvalue weighted by molar-refractivity contribution is 7.16. The number of halogens is 1. The first-order valence-electron chi connectivity index (χ1n) is 9.83. The van der Waals surface area contributed by atoms with Gasteiger partial charge in [0.15, 0.2) is 0 Å². The number of hydrogen-bond acceptors (Lipinski definition) is 5. The molecule has 5 rings (SSSR count). The van der Waals surface area contributed by atoms with Gasteiger partial charge < -0.3 is 15.5 Å². The number of aromatic nitrogens is 1. The molecule has 0 aliphatic carbocycles. The van der Waals surface area contributed by atoms with Gasteiger partial charge in [-0.1, -0.05) is 12.1 Å². The minimum Gasteiger partial charge on any atom is -0.350 e. The summed E-state index contributed by atoms with van der Waals surface area (Å²) >= 11 is 1.60. The first-order valence-corrected chi connectivity index (χ1v) is 10.7. The third-order valence-electron chi connectivity index (χ3n) is 6.40. The minimum atomic E-state index is -0.340. The Labute approximate surface area is 174 Å². The molecule has 3 saturated heterocycles. The van der Waals surface area contributed by atoms with Gasteiger partial charge in [-0.15, -0.1) is 23.7 Å². The third-order valence-corrected chi connectivity index (χ3v) is 7.32.